The molecule has 0 fully saturated rings. The van der Waals surface area contributed by atoms with E-state index in [-0.39, 0.29) is 30.4 Å². The van der Waals surface area contributed by atoms with Gasteiger partial charge >= 0.3 is 0 Å². The lowest BCUT2D eigenvalue weighted by atomic mass is 10.1. The largest absolute Gasteiger partial charge is 0.384 e. The summed E-state index contributed by atoms with van der Waals surface area (Å²) >= 11 is 0. The summed E-state index contributed by atoms with van der Waals surface area (Å²) in [5, 5.41) is 13.5. The van der Waals surface area contributed by atoms with E-state index in [2.05, 4.69) is 15.6 Å². The van der Waals surface area contributed by atoms with Gasteiger partial charge in [-0.2, -0.15) is 0 Å². The van der Waals surface area contributed by atoms with Crippen molar-refractivity contribution >= 4 is 17.4 Å². The Hall–Kier alpha value is -4.72. The minimum Gasteiger partial charge on any atom is -0.384 e. The molecule has 36 heavy (non-hydrogen) atoms. The summed E-state index contributed by atoms with van der Waals surface area (Å²) in [6.07, 6.45) is 2.28. The molecule has 0 radical (unpaired) electrons. The highest BCUT2D eigenvalue weighted by molar-refractivity contribution is 5.94. The van der Waals surface area contributed by atoms with E-state index in [9.17, 15) is 9.59 Å². The number of amides is 1. The molecule has 1 aromatic heterocycles. The second kappa shape index (κ2) is 11.6. The second-order valence-electron chi connectivity index (χ2n) is 8.30. The van der Waals surface area contributed by atoms with Crippen molar-refractivity contribution in [2.45, 2.75) is 19.5 Å². The van der Waals surface area contributed by atoms with Gasteiger partial charge in [-0.1, -0.05) is 84.9 Å². The fourth-order valence-electron chi connectivity index (χ4n) is 3.77. The van der Waals surface area contributed by atoms with Crippen LogP contribution in [0.2, 0.25) is 0 Å². The second-order valence-corrected chi connectivity index (χ2v) is 8.30. The summed E-state index contributed by atoms with van der Waals surface area (Å²) < 4.78 is 1.40. The van der Waals surface area contributed by atoms with E-state index in [1.165, 1.54) is 10.8 Å². The number of anilines is 1. The van der Waals surface area contributed by atoms with Crippen LogP contribution >= 0.6 is 0 Å². The molecule has 0 saturated carbocycles. The quantitative estimate of drug-likeness (QED) is 0.205. The van der Waals surface area contributed by atoms with Gasteiger partial charge in [0.15, 0.2) is 0 Å². The van der Waals surface area contributed by atoms with Crippen molar-refractivity contribution in [1.82, 2.24) is 14.9 Å². The number of nitrogens with one attached hydrogen (secondary N) is 3. The number of hydrogen-bond donors (Lipinski definition) is 4. The molecule has 0 aliphatic heterocycles. The van der Waals surface area contributed by atoms with E-state index in [1.54, 1.807) is 24.3 Å². The van der Waals surface area contributed by atoms with Crippen LogP contribution in [0.1, 0.15) is 16.7 Å². The molecule has 0 spiro atoms. The molecule has 182 valence electrons. The van der Waals surface area contributed by atoms with Gasteiger partial charge < -0.3 is 16.4 Å². The minimum atomic E-state index is -0.312. The van der Waals surface area contributed by atoms with E-state index < -0.39 is 0 Å². The highest BCUT2D eigenvalue weighted by Gasteiger charge is 2.15. The van der Waals surface area contributed by atoms with Crippen LogP contribution in [0, 0.1) is 5.41 Å². The Kier molecular flexibility index (Phi) is 7.87. The molecule has 5 N–H and O–H groups in total. The molecule has 4 rings (SSSR count). The molecule has 4 aromatic rings. The molecule has 3 aromatic carbocycles. The number of amidine groups is 1. The lowest BCUT2D eigenvalue weighted by Crippen LogP contribution is -2.34. The Bertz CT molecular complexity index is 1380. The Morgan fingerprint density at radius 3 is 2.25 bits per heavy atom. The molecule has 1 heterocycles. The lowest BCUT2D eigenvalue weighted by Gasteiger charge is -2.15. The minimum absolute atomic E-state index is 0.0110. The predicted octanol–water partition coefficient (Wildman–Crippen LogP) is 3.17. The maximum Gasteiger partial charge on any atom is 0.277 e. The van der Waals surface area contributed by atoms with E-state index in [1.807, 2.05) is 60.7 Å². The van der Waals surface area contributed by atoms with Crippen molar-refractivity contribution < 1.29 is 4.79 Å². The molecule has 0 aliphatic carbocycles. The monoisotopic (exact) mass is 480 g/mol. The van der Waals surface area contributed by atoms with Crippen LogP contribution < -0.4 is 21.9 Å². The average molecular weight is 481 g/mol. The third-order valence-corrected chi connectivity index (χ3v) is 5.71. The summed E-state index contributed by atoms with van der Waals surface area (Å²) in [6, 6.07) is 26.4. The molecule has 0 saturated heterocycles. The van der Waals surface area contributed by atoms with Gasteiger partial charge in [-0.3, -0.25) is 19.6 Å². The van der Waals surface area contributed by atoms with Gasteiger partial charge in [-0.25, -0.2) is 4.98 Å². The summed E-state index contributed by atoms with van der Waals surface area (Å²) in [6.45, 7) is 0.679. The van der Waals surface area contributed by atoms with Gasteiger partial charge in [0.2, 0.25) is 5.91 Å². The van der Waals surface area contributed by atoms with Gasteiger partial charge in [-0.15, -0.1) is 0 Å². The molecule has 0 bridgehead atoms. The van der Waals surface area contributed by atoms with Crippen LogP contribution in [-0.2, 0) is 24.3 Å². The topological polar surface area (TPSA) is 126 Å². The molecule has 0 atom stereocenters. The van der Waals surface area contributed by atoms with Crippen molar-refractivity contribution in [2.75, 3.05) is 11.9 Å². The molecule has 8 nitrogen and oxygen atoms in total. The smallest absolute Gasteiger partial charge is 0.277 e. The zero-order valence-corrected chi connectivity index (χ0v) is 19.8. The Morgan fingerprint density at radius 1 is 0.917 bits per heavy atom. The number of rotatable bonds is 10. The number of nitrogen functional groups attached to an aromatic ring is 1. The number of nitrogens with zero attached hydrogens (tertiary/aromatic N) is 2. The average Bonchev–Trinajstić information content (AvgIpc) is 2.91. The summed E-state index contributed by atoms with van der Waals surface area (Å²) in [4.78, 5) is 30.7. The van der Waals surface area contributed by atoms with Crippen LogP contribution in [0.25, 0.3) is 11.4 Å². The highest BCUT2D eigenvalue weighted by Crippen LogP contribution is 2.16. The van der Waals surface area contributed by atoms with E-state index >= 15 is 0 Å². The zero-order chi connectivity index (χ0) is 25.3. The first-order valence-electron chi connectivity index (χ1n) is 11.6. The summed E-state index contributed by atoms with van der Waals surface area (Å²) in [5.41, 5.74) is 8.92. The van der Waals surface area contributed by atoms with Crippen LogP contribution in [0.15, 0.2) is 95.9 Å². The van der Waals surface area contributed by atoms with E-state index in [4.69, 9.17) is 11.1 Å². The van der Waals surface area contributed by atoms with Crippen LogP contribution in [0.4, 0.5) is 5.69 Å². The summed E-state index contributed by atoms with van der Waals surface area (Å²) in [7, 11) is 0. The Morgan fingerprint density at radius 2 is 1.58 bits per heavy atom. The summed E-state index contributed by atoms with van der Waals surface area (Å²) in [5.74, 6) is 0.103. The van der Waals surface area contributed by atoms with Crippen molar-refractivity contribution in [1.29, 1.82) is 5.41 Å². The van der Waals surface area contributed by atoms with Gasteiger partial charge in [0, 0.05) is 24.2 Å². The number of carbonyl (C=O) groups excluding carboxylic acids is 1. The lowest BCUT2D eigenvalue weighted by molar-refractivity contribution is -0.121. The van der Waals surface area contributed by atoms with Crippen LogP contribution in [0.5, 0.6) is 0 Å². The third kappa shape index (κ3) is 6.24. The number of hydrogen-bond acceptors (Lipinski definition) is 5. The van der Waals surface area contributed by atoms with E-state index in [0.717, 1.165) is 23.1 Å². The maximum absolute atomic E-state index is 13.4. The van der Waals surface area contributed by atoms with Gasteiger partial charge in [0.05, 0.1) is 6.20 Å². The first kappa shape index (κ1) is 24.4. The van der Waals surface area contributed by atoms with Crippen LogP contribution in [0.3, 0.4) is 0 Å². The number of nitrogens with two attached hydrogens (primary N) is 1. The van der Waals surface area contributed by atoms with E-state index in [0.29, 0.717) is 23.6 Å². The zero-order valence-electron chi connectivity index (χ0n) is 19.8. The third-order valence-electron chi connectivity index (χ3n) is 5.71. The maximum atomic E-state index is 13.4. The fourth-order valence-corrected chi connectivity index (χ4v) is 3.77. The number of aromatic nitrogens is 2. The molecule has 0 unspecified atom stereocenters. The SMILES string of the molecule is N=C(N)c1ccc(CNC(=O)Cn2c(-c3ccccc3)ncc(NCCc3ccccc3)c2=O)cc1. The molecular weight excluding hydrogens is 452 g/mol. The number of carbonyl (C=O) groups is 1. The number of benzene rings is 3. The molecular formula is C28H28N6O2. The van der Waals surface area contributed by atoms with Crippen molar-refractivity contribution in [3.05, 3.63) is 118 Å². The highest BCUT2D eigenvalue weighted by atomic mass is 16.2. The first-order valence-corrected chi connectivity index (χ1v) is 11.6. The Labute approximate surface area is 209 Å². The molecule has 8 heteroatoms. The van der Waals surface area contributed by atoms with Crippen molar-refractivity contribution in [3.63, 3.8) is 0 Å². The van der Waals surface area contributed by atoms with Crippen molar-refractivity contribution in [2.24, 2.45) is 5.73 Å². The van der Waals surface area contributed by atoms with Crippen molar-refractivity contribution in [3.8, 4) is 11.4 Å². The fraction of sp³-hybridized carbons (Fsp3) is 0.143. The first-order chi connectivity index (χ1) is 17.5. The molecule has 0 aliphatic rings. The normalized spacial score (nSPS) is 10.6. The Balaban J connectivity index is 1.50. The van der Waals surface area contributed by atoms with Gasteiger partial charge in [0.1, 0.15) is 23.9 Å². The van der Waals surface area contributed by atoms with Crippen LogP contribution in [-0.4, -0.2) is 27.8 Å². The molecule has 1 amide bonds. The van der Waals surface area contributed by atoms with Gasteiger partial charge in [0.25, 0.3) is 5.56 Å². The van der Waals surface area contributed by atoms with Gasteiger partial charge in [-0.05, 0) is 17.5 Å². The standard InChI is InChI=1S/C28H28N6O2/c29-26(30)22-13-11-21(12-14-22)17-32-25(35)19-34-27(23-9-5-2-6-10-23)33-18-24(28(34)36)31-16-15-20-7-3-1-4-8-20/h1-14,18,31H,15-17,19H2,(H3,29,30)(H,32,35). The predicted molar refractivity (Wildman–Crippen MR) is 142 cm³/mol.